The van der Waals surface area contributed by atoms with Crippen LogP contribution in [0.15, 0.2) is 6.20 Å². The standard InChI is InChI=1S/C10H15ClN2O2/c1-4-8(14)10(15)9-7(11)5-12-13(9)6(2)3/h5-6,8,14H,4H2,1-3H3. The molecule has 1 N–H and O–H groups in total. The summed E-state index contributed by atoms with van der Waals surface area (Å²) in [5.41, 5.74) is 0.293. The molecule has 84 valence electrons. The Bertz CT molecular complexity index is 360. The Morgan fingerprint density at radius 1 is 1.67 bits per heavy atom. The van der Waals surface area contributed by atoms with Crippen molar-refractivity contribution in [3.63, 3.8) is 0 Å². The van der Waals surface area contributed by atoms with Crippen LogP contribution in [-0.4, -0.2) is 26.8 Å². The fourth-order valence-corrected chi connectivity index (χ4v) is 1.53. The van der Waals surface area contributed by atoms with E-state index in [1.54, 1.807) is 6.92 Å². The number of rotatable bonds is 4. The average molecular weight is 231 g/mol. The van der Waals surface area contributed by atoms with Crippen LogP contribution in [0, 0.1) is 0 Å². The molecule has 0 radical (unpaired) electrons. The number of carbonyl (C=O) groups excluding carboxylic acids is 1. The molecule has 0 spiro atoms. The molecule has 4 nitrogen and oxygen atoms in total. The third-order valence-corrected chi connectivity index (χ3v) is 2.44. The summed E-state index contributed by atoms with van der Waals surface area (Å²) in [6, 6.07) is 0.0421. The number of carbonyl (C=O) groups is 1. The molecular formula is C10H15ClN2O2. The fraction of sp³-hybridized carbons (Fsp3) is 0.600. The SMILES string of the molecule is CCC(O)C(=O)c1c(Cl)cnn1C(C)C. The van der Waals surface area contributed by atoms with Gasteiger partial charge < -0.3 is 5.11 Å². The van der Waals surface area contributed by atoms with Crippen LogP contribution in [0.4, 0.5) is 0 Å². The Morgan fingerprint density at radius 2 is 2.27 bits per heavy atom. The van der Waals surface area contributed by atoms with Crippen molar-refractivity contribution in [1.82, 2.24) is 9.78 Å². The molecule has 0 saturated heterocycles. The summed E-state index contributed by atoms with van der Waals surface area (Å²) in [4.78, 5) is 11.8. The van der Waals surface area contributed by atoms with E-state index in [0.29, 0.717) is 17.1 Å². The molecule has 1 heterocycles. The monoisotopic (exact) mass is 230 g/mol. The normalized spacial score (nSPS) is 13.2. The van der Waals surface area contributed by atoms with Crippen LogP contribution in [0.1, 0.15) is 43.7 Å². The van der Waals surface area contributed by atoms with Crippen LogP contribution in [0.3, 0.4) is 0 Å². The molecule has 0 aliphatic carbocycles. The zero-order chi connectivity index (χ0) is 11.6. The molecule has 1 unspecified atom stereocenters. The lowest BCUT2D eigenvalue weighted by molar-refractivity contribution is 0.0727. The van der Waals surface area contributed by atoms with Crippen LogP contribution < -0.4 is 0 Å². The lowest BCUT2D eigenvalue weighted by atomic mass is 10.1. The first kappa shape index (κ1) is 12.2. The molecule has 0 aliphatic heterocycles. The first-order valence-corrected chi connectivity index (χ1v) is 5.32. The van der Waals surface area contributed by atoms with Gasteiger partial charge in [0.05, 0.1) is 11.2 Å². The van der Waals surface area contributed by atoms with Gasteiger partial charge in [0.15, 0.2) is 0 Å². The van der Waals surface area contributed by atoms with E-state index in [4.69, 9.17) is 11.6 Å². The van der Waals surface area contributed by atoms with E-state index in [1.807, 2.05) is 13.8 Å². The topological polar surface area (TPSA) is 55.1 Å². The molecular weight excluding hydrogens is 216 g/mol. The van der Waals surface area contributed by atoms with Gasteiger partial charge in [-0.25, -0.2) is 0 Å². The summed E-state index contributed by atoms with van der Waals surface area (Å²) < 4.78 is 1.53. The Kier molecular flexibility index (Phi) is 3.88. The van der Waals surface area contributed by atoms with Crippen LogP contribution in [0.5, 0.6) is 0 Å². The molecule has 15 heavy (non-hydrogen) atoms. The molecule has 1 rings (SSSR count). The van der Waals surface area contributed by atoms with Crippen molar-refractivity contribution in [2.75, 3.05) is 0 Å². The second kappa shape index (κ2) is 4.77. The summed E-state index contributed by atoms with van der Waals surface area (Å²) >= 11 is 5.87. The molecule has 0 aliphatic rings. The number of hydrogen-bond donors (Lipinski definition) is 1. The van der Waals surface area contributed by atoms with Gasteiger partial charge in [-0.2, -0.15) is 5.10 Å². The molecule has 0 amide bonds. The molecule has 1 atom stereocenters. The quantitative estimate of drug-likeness (QED) is 0.806. The van der Waals surface area contributed by atoms with Gasteiger partial charge in [0.2, 0.25) is 5.78 Å². The third kappa shape index (κ3) is 2.38. The fourth-order valence-electron chi connectivity index (χ4n) is 1.31. The van der Waals surface area contributed by atoms with Crippen molar-refractivity contribution in [3.05, 3.63) is 16.9 Å². The molecule has 0 aromatic carbocycles. The summed E-state index contributed by atoms with van der Waals surface area (Å²) in [5, 5.41) is 13.8. The summed E-state index contributed by atoms with van der Waals surface area (Å²) in [5.74, 6) is -0.367. The maximum absolute atomic E-state index is 11.8. The molecule has 0 fully saturated rings. The highest BCUT2D eigenvalue weighted by Gasteiger charge is 2.23. The van der Waals surface area contributed by atoms with Crippen LogP contribution in [0.25, 0.3) is 0 Å². The van der Waals surface area contributed by atoms with Crippen molar-refractivity contribution >= 4 is 17.4 Å². The van der Waals surface area contributed by atoms with Crippen molar-refractivity contribution in [3.8, 4) is 0 Å². The van der Waals surface area contributed by atoms with Gasteiger partial charge in [-0.15, -0.1) is 0 Å². The van der Waals surface area contributed by atoms with E-state index in [9.17, 15) is 9.90 Å². The third-order valence-electron chi connectivity index (χ3n) is 2.16. The maximum atomic E-state index is 11.8. The highest BCUT2D eigenvalue weighted by molar-refractivity contribution is 6.33. The highest BCUT2D eigenvalue weighted by atomic mass is 35.5. The first-order valence-electron chi connectivity index (χ1n) is 4.94. The van der Waals surface area contributed by atoms with Crippen molar-refractivity contribution in [2.24, 2.45) is 0 Å². The van der Waals surface area contributed by atoms with Crippen molar-refractivity contribution in [2.45, 2.75) is 39.3 Å². The highest BCUT2D eigenvalue weighted by Crippen LogP contribution is 2.21. The number of aliphatic hydroxyl groups is 1. The van der Waals surface area contributed by atoms with Gasteiger partial charge in [0, 0.05) is 6.04 Å². The number of hydrogen-bond acceptors (Lipinski definition) is 3. The van der Waals surface area contributed by atoms with Gasteiger partial charge in [-0.1, -0.05) is 18.5 Å². The predicted molar refractivity (Wildman–Crippen MR) is 58.3 cm³/mol. The minimum Gasteiger partial charge on any atom is -0.385 e. The number of aliphatic hydroxyl groups excluding tert-OH is 1. The van der Waals surface area contributed by atoms with E-state index in [0.717, 1.165) is 0 Å². The lowest BCUT2D eigenvalue weighted by Gasteiger charge is -2.12. The van der Waals surface area contributed by atoms with Crippen molar-refractivity contribution in [1.29, 1.82) is 0 Å². The van der Waals surface area contributed by atoms with E-state index in [-0.39, 0.29) is 11.8 Å². The zero-order valence-electron chi connectivity index (χ0n) is 9.07. The summed E-state index contributed by atoms with van der Waals surface area (Å²) in [6.45, 7) is 5.55. The van der Waals surface area contributed by atoms with E-state index in [1.165, 1.54) is 10.9 Å². The first-order chi connectivity index (χ1) is 6.99. The molecule has 1 aromatic heterocycles. The average Bonchev–Trinajstić information content (AvgIpc) is 2.58. The Hall–Kier alpha value is -0.870. The van der Waals surface area contributed by atoms with E-state index < -0.39 is 6.10 Å². The van der Waals surface area contributed by atoms with Crippen LogP contribution in [-0.2, 0) is 0 Å². The number of ketones is 1. The minimum absolute atomic E-state index is 0.0421. The van der Waals surface area contributed by atoms with Gasteiger partial charge in [0.1, 0.15) is 11.8 Å². The van der Waals surface area contributed by atoms with Crippen LogP contribution >= 0.6 is 11.6 Å². The predicted octanol–water partition coefficient (Wildman–Crippen LogP) is 2.07. The van der Waals surface area contributed by atoms with Gasteiger partial charge >= 0.3 is 0 Å². The van der Waals surface area contributed by atoms with Crippen molar-refractivity contribution < 1.29 is 9.90 Å². The molecule has 0 bridgehead atoms. The maximum Gasteiger partial charge on any atom is 0.210 e. The second-order valence-electron chi connectivity index (χ2n) is 3.67. The van der Waals surface area contributed by atoms with E-state index in [2.05, 4.69) is 5.10 Å². The Morgan fingerprint density at radius 3 is 2.73 bits per heavy atom. The smallest absolute Gasteiger partial charge is 0.210 e. The number of Topliss-reactive ketones (excluding diaryl/α,β-unsaturated/α-hetero) is 1. The van der Waals surface area contributed by atoms with Gasteiger partial charge in [-0.05, 0) is 20.3 Å². The minimum atomic E-state index is -1.00. The molecule has 1 aromatic rings. The van der Waals surface area contributed by atoms with Crippen LogP contribution in [0.2, 0.25) is 5.02 Å². The number of halogens is 1. The van der Waals surface area contributed by atoms with Gasteiger partial charge in [-0.3, -0.25) is 9.48 Å². The lowest BCUT2D eigenvalue weighted by Crippen LogP contribution is -2.24. The summed E-state index contributed by atoms with van der Waals surface area (Å²) in [6.07, 6.45) is 0.798. The largest absolute Gasteiger partial charge is 0.385 e. The van der Waals surface area contributed by atoms with E-state index >= 15 is 0 Å². The Labute approximate surface area is 93.9 Å². The summed E-state index contributed by atoms with van der Waals surface area (Å²) in [7, 11) is 0. The number of aromatic nitrogens is 2. The second-order valence-corrected chi connectivity index (χ2v) is 4.07. The Balaban J connectivity index is 3.12. The zero-order valence-corrected chi connectivity index (χ0v) is 9.82. The molecule has 5 heteroatoms. The number of nitrogens with zero attached hydrogens (tertiary/aromatic N) is 2. The molecule has 0 saturated carbocycles. The van der Waals surface area contributed by atoms with Gasteiger partial charge in [0.25, 0.3) is 0 Å².